The number of carbonyl (C=O) groups excluding carboxylic acids is 1. The van der Waals surface area contributed by atoms with Crippen LogP contribution in [0.25, 0.3) is 0 Å². The molecule has 1 saturated heterocycles. The third-order valence-corrected chi connectivity index (χ3v) is 4.60. The molecule has 1 N–H and O–H groups in total. The smallest absolute Gasteiger partial charge is 0.324 e. The number of piperidine rings is 1. The first-order valence-electron chi connectivity index (χ1n) is 7.99. The molecule has 1 aromatic rings. The van der Waals surface area contributed by atoms with Crippen molar-refractivity contribution in [2.75, 3.05) is 18.4 Å². The maximum atomic E-state index is 13.1. The molecule has 0 aromatic heterocycles. The number of nitrogens with zero attached hydrogens (tertiary/aromatic N) is 1. The molecule has 1 aliphatic heterocycles. The fraction of sp³-hybridized carbons (Fsp3) is 0.588. The maximum absolute atomic E-state index is 13.1. The molecule has 3 nitrogen and oxygen atoms in total. The molecule has 1 heterocycles. The Kier molecular flexibility index (Phi) is 5.81. The van der Waals surface area contributed by atoms with Gasteiger partial charge in [-0.1, -0.05) is 25.4 Å². The number of nitrogens with one attached hydrogen (secondary N) is 1. The summed E-state index contributed by atoms with van der Waals surface area (Å²) in [7, 11) is 0. The van der Waals surface area contributed by atoms with Gasteiger partial charge in [-0.2, -0.15) is 13.2 Å². The van der Waals surface area contributed by atoms with Crippen LogP contribution in [0.5, 0.6) is 0 Å². The molecule has 0 spiro atoms. The van der Waals surface area contributed by atoms with Gasteiger partial charge in [-0.15, -0.1) is 0 Å². The summed E-state index contributed by atoms with van der Waals surface area (Å²) >= 11 is 5.65. The SMILES string of the molecule is CC1CC(C)CN(C(C)C(=O)Nc2ccc(Cl)cc2C(F)(F)F)C1. The Balaban J connectivity index is 2.15. The normalized spacial score (nSPS) is 23.8. The second-order valence-corrected chi connectivity index (χ2v) is 7.19. The van der Waals surface area contributed by atoms with E-state index in [1.165, 1.54) is 12.1 Å². The lowest BCUT2D eigenvalue weighted by Gasteiger charge is -2.38. The van der Waals surface area contributed by atoms with E-state index in [1.54, 1.807) is 6.92 Å². The van der Waals surface area contributed by atoms with Crippen molar-refractivity contribution in [3.63, 3.8) is 0 Å². The summed E-state index contributed by atoms with van der Waals surface area (Å²) in [6, 6.07) is 2.86. The number of hydrogen-bond donors (Lipinski definition) is 1. The van der Waals surface area contributed by atoms with Gasteiger partial charge in [0, 0.05) is 18.1 Å². The quantitative estimate of drug-likeness (QED) is 0.847. The molecule has 1 fully saturated rings. The van der Waals surface area contributed by atoms with E-state index in [4.69, 9.17) is 11.6 Å². The molecule has 3 unspecified atom stereocenters. The largest absolute Gasteiger partial charge is 0.418 e. The highest BCUT2D eigenvalue weighted by atomic mass is 35.5. The zero-order valence-corrected chi connectivity index (χ0v) is 14.7. The van der Waals surface area contributed by atoms with Crippen molar-refractivity contribution in [3.8, 4) is 0 Å². The number of hydrogen-bond acceptors (Lipinski definition) is 2. The molecule has 134 valence electrons. The zero-order valence-electron chi connectivity index (χ0n) is 14.0. The molecule has 24 heavy (non-hydrogen) atoms. The lowest BCUT2D eigenvalue weighted by atomic mass is 9.91. The van der Waals surface area contributed by atoms with Crippen molar-refractivity contribution in [3.05, 3.63) is 28.8 Å². The molecule has 0 saturated carbocycles. The minimum absolute atomic E-state index is 0.0212. The van der Waals surface area contributed by atoms with Gasteiger partial charge < -0.3 is 5.32 Å². The minimum atomic E-state index is -4.58. The second-order valence-electron chi connectivity index (χ2n) is 6.75. The molecule has 1 aromatic carbocycles. The standard InChI is InChI=1S/C17H22ClF3N2O/c1-10-6-11(2)9-23(8-10)12(3)16(24)22-15-5-4-13(18)7-14(15)17(19,20)21/h4-5,7,10-12H,6,8-9H2,1-3H3,(H,22,24). The van der Waals surface area contributed by atoms with Crippen molar-refractivity contribution in [2.24, 2.45) is 11.8 Å². The lowest BCUT2D eigenvalue weighted by molar-refractivity contribution is -0.137. The number of alkyl halides is 3. The van der Waals surface area contributed by atoms with Crippen LogP contribution in [-0.2, 0) is 11.0 Å². The van der Waals surface area contributed by atoms with Gasteiger partial charge in [0.1, 0.15) is 0 Å². The van der Waals surface area contributed by atoms with E-state index in [1.807, 2.05) is 4.90 Å². The molecule has 0 bridgehead atoms. The molecule has 0 aliphatic carbocycles. The van der Waals surface area contributed by atoms with Crippen molar-refractivity contribution < 1.29 is 18.0 Å². The summed E-state index contributed by atoms with van der Waals surface area (Å²) in [4.78, 5) is 14.5. The van der Waals surface area contributed by atoms with Crippen LogP contribution in [0, 0.1) is 11.8 Å². The third-order valence-electron chi connectivity index (χ3n) is 4.37. The molecule has 1 aliphatic rings. The van der Waals surface area contributed by atoms with Crippen molar-refractivity contribution in [1.29, 1.82) is 0 Å². The van der Waals surface area contributed by atoms with E-state index in [2.05, 4.69) is 19.2 Å². The number of carbonyl (C=O) groups is 1. The van der Waals surface area contributed by atoms with Crippen LogP contribution in [0.3, 0.4) is 0 Å². The second kappa shape index (κ2) is 7.31. The number of halogens is 4. The zero-order chi connectivity index (χ0) is 18.1. The first-order chi connectivity index (χ1) is 11.1. The number of anilines is 1. The summed E-state index contributed by atoms with van der Waals surface area (Å²) < 4.78 is 39.4. The van der Waals surface area contributed by atoms with E-state index >= 15 is 0 Å². The fourth-order valence-electron chi connectivity index (χ4n) is 3.29. The number of likely N-dealkylation sites (tertiary alicyclic amines) is 1. The van der Waals surface area contributed by atoms with Gasteiger partial charge >= 0.3 is 6.18 Å². The fourth-order valence-corrected chi connectivity index (χ4v) is 3.46. The lowest BCUT2D eigenvalue weighted by Crippen LogP contribution is -2.48. The average molecular weight is 363 g/mol. The predicted molar refractivity (Wildman–Crippen MR) is 89.1 cm³/mol. The molecule has 2 rings (SSSR count). The van der Waals surface area contributed by atoms with Gasteiger partial charge in [-0.25, -0.2) is 0 Å². The number of amides is 1. The highest BCUT2D eigenvalue weighted by Crippen LogP contribution is 2.36. The van der Waals surface area contributed by atoms with Crippen molar-refractivity contribution in [1.82, 2.24) is 4.90 Å². The average Bonchev–Trinajstić information content (AvgIpc) is 2.46. The van der Waals surface area contributed by atoms with Crippen molar-refractivity contribution in [2.45, 2.75) is 39.4 Å². The van der Waals surface area contributed by atoms with Gasteiger partial charge in [0.15, 0.2) is 0 Å². The summed E-state index contributed by atoms with van der Waals surface area (Å²) in [5.41, 5.74) is -1.20. The Morgan fingerprint density at radius 2 is 1.88 bits per heavy atom. The summed E-state index contributed by atoms with van der Waals surface area (Å²) in [5.74, 6) is 0.486. The first kappa shape index (κ1) is 19.1. The van der Waals surface area contributed by atoms with Crippen molar-refractivity contribution >= 4 is 23.2 Å². The van der Waals surface area contributed by atoms with E-state index in [-0.39, 0.29) is 10.7 Å². The Morgan fingerprint density at radius 3 is 2.42 bits per heavy atom. The topological polar surface area (TPSA) is 32.3 Å². The Hall–Kier alpha value is -1.27. The summed E-state index contributed by atoms with van der Waals surface area (Å²) in [6.07, 6.45) is -3.48. The van der Waals surface area contributed by atoms with Gasteiger partial charge in [0.2, 0.25) is 5.91 Å². The summed E-state index contributed by atoms with van der Waals surface area (Å²) in [6.45, 7) is 7.50. The Labute approximate surface area is 145 Å². The predicted octanol–water partition coefficient (Wildman–Crippen LogP) is 4.66. The van der Waals surface area contributed by atoms with Gasteiger partial charge in [-0.05, 0) is 43.4 Å². The minimum Gasteiger partial charge on any atom is -0.324 e. The Bertz CT molecular complexity index is 596. The van der Waals surface area contributed by atoms with Gasteiger partial charge in [-0.3, -0.25) is 9.69 Å². The molecular weight excluding hydrogens is 341 g/mol. The van der Waals surface area contributed by atoms with Crippen LogP contribution in [-0.4, -0.2) is 29.9 Å². The highest BCUT2D eigenvalue weighted by molar-refractivity contribution is 6.30. The molecule has 0 radical (unpaired) electrons. The molecule has 3 atom stereocenters. The van der Waals surface area contributed by atoms with E-state index in [9.17, 15) is 18.0 Å². The van der Waals surface area contributed by atoms with E-state index < -0.39 is 23.7 Å². The van der Waals surface area contributed by atoms with Crippen LogP contribution < -0.4 is 5.32 Å². The van der Waals surface area contributed by atoms with Crippen LogP contribution in [0.2, 0.25) is 5.02 Å². The maximum Gasteiger partial charge on any atom is 0.418 e. The number of rotatable bonds is 3. The van der Waals surface area contributed by atoms with Gasteiger partial charge in [0.05, 0.1) is 17.3 Å². The van der Waals surface area contributed by atoms with Crippen LogP contribution >= 0.6 is 11.6 Å². The first-order valence-corrected chi connectivity index (χ1v) is 8.37. The summed E-state index contributed by atoms with van der Waals surface area (Å²) in [5, 5.41) is 2.39. The molecule has 7 heteroatoms. The highest BCUT2D eigenvalue weighted by Gasteiger charge is 2.35. The van der Waals surface area contributed by atoms with Gasteiger partial charge in [0.25, 0.3) is 0 Å². The number of benzene rings is 1. The molecular formula is C17H22ClF3N2O. The van der Waals surface area contributed by atoms with Crippen LogP contribution in [0.4, 0.5) is 18.9 Å². The Morgan fingerprint density at radius 1 is 1.29 bits per heavy atom. The van der Waals surface area contributed by atoms with E-state index in [0.717, 1.165) is 25.6 Å². The molecule has 1 amide bonds. The van der Waals surface area contributed by atoms with E-state index in [0.29, 0.717) is 11.8 Å². The van der Waals surface area contributed by atoms with Crippen LogP contribution in [0.15, 0.2) is 18.2 Å². The monoisotopic (exact) mass is 362 g/mol. The van der Waals surface area contributed by atoms with Crippen LogP contribution in [0.1, 0.15) is 32.8 Å². The third kappa shape index (κ3) is 4.63.